The number of halogens is 3. The summed E-state index contributed by atoms with van der Waals surface area (Å²) in [5.41, 5.74) is 1.35. The Morgan fingerprint density at radius 2 is 1.83 bits per heavy atom. The molecular weight excluding hydrogens is 371 g/mol. The zero-order valence-corrected chi connectivity index (χ0v) is 15.4. The van der Waals surface area contributed by atoms with Crippen LogP contribution in [0.15, 0.2) is 24.4 Å². The Hall–Kier alpha value is -1.27. The molecule has 0 unspecified atom stereocenters. The number of carbonyl (C=O) groups excluding carboxylic acids is 1. The van der Waals surface area contributed by atoms with Crippen LogP contribution in [0.1, 0.15) is 16.1 Å². The summed E-state index contributed by atoms with van der Waals surface area (Å²) >= 11 is 18.2. The standard InChI is InChI=1S/C16H17Cl3N4O/c1-21-10-14(19)15(20-21)16(24)23-6-4-22(5-7-23)9-11-2-3-12(17)8-13(11)18/h2-3,8,10H,4-7,9H2,1H3. The first-order valence-corrected chi connectivity index (χ1v) is 8.72. The van der Waals surface area contributed by atoms with Crippen molar-refractivity contribution in [3.05, 3.63) is 50.7 Å². The van der Waals surface area contributed by atoms with E-state index in [1.54, 1.807) is 28.9 Å². The van der Waals surface area contributed by atoms with Crippen LogP contribution < -0.4 is 0 Å². The lowest BCUT2D eigenvalue weighted by molar-refractivity contribution is 0.0622. The molecule has 1 aliphatic heterocycles. The minimum Gasteiger partial charge on any atom is -0.335 e. The molecule has 2 heterocycles. The quantitative estimate of drug-likeness (QED) is 0.811. The van der Waals surface area contributed by atoms with Gasteiger partial charge in [0.15, 0.2) is 5.69 Å². The van der Waals surface area contributed by atoms with Crippen molar-refractivity contribution in [2.75, 3.05) is 26.2 Å². The summed E-state index contributed by atoms with van der Waals surface area (Å²) in [5.74, 6) is -0.121. The van der Waals surface area contributed by atoms with Crippen molar-refractivity contribution in [2.45, 2.75) is 6.54 Å². The molecule has 0 aliphatic carbocycles. The number of amides is 1. The number of piperazine rings is 1. The first-order chi connectivity index (χ1) is 11.4. The Morgan fingerprint density at radius 3 is 2.42 bits per heavy atom. The predicted molar refractivity (Wildman–Crippen MR) is 95.9 cm³/mol. The molecule has 8 heteroatoms. The predicted octanol–water partition coefficient (Wildman–Crippen LogP) is 3.34. The second kappa shape index (κ2) is 7.31. The summed E-state index contributed by atoms with van der Waals surface area (Å²) in [6.07, 6.45) is 1.63. The Balaban J connectivity index is 1.59. The van der Waals surface area contributed by atoms with E-state index in [-0.39, 0.29) is 5.91 Å². The molecule has 24 heavy (non-hydrogen) atoms. The number of nitrogens with zero attached hydrogens (tertiary/aromatic N) is 4. The van der Waals surface area contributed by atoms with Crippen molar-refractivity contribution >= 4 is 40.7 Å². The van der Waals surface area contributed by atoms with Crippen LogP contribution in [-0.2, 0) is 13.6 Å². The highest BCUT2D eigenvalue weighted by Gasteiger charge is 2.25. The number of aryl methyl sites for hydroxylation is 1. The molecule has 1 amide bonds. The van der Waals surface area contributed by atoms with Crippen LogP contribution in [0.5, 0.6) is 0 Å². The maximum absolute atomic E-state index is 12.5. The van der Waals surface area contributed by atoms with Crippen LogP contribution in [0.2, 0.25) is 15.1 Å². The van der Waals surface area contributed by atoms with Gasteiger partial charge in [-0.25, -0.2) is 0 Å². The Bertz CT molecular complexity index is 754. The van der Waals surface area contributed by atoms with Gasteiger partial charge in [0.05, 0.1) is 5.02 Å². The number of hydrogen-bond donors (Lipinski definition) is 0. The van der Waals surface area contributed by atoms with Gasteiger partial charge in [0.1, 0.15) is 0 Å². The fourth-order valence-corrected chi connectivity index (χ4v) is 3.48. The molecule has 0 saturated carbocycles. The first kappa shape index (κ1) is 17.5. The van der Waals surface area contributed by atoms with Gasteiger partial charge in [-0.3, -0.25) is 14.4 Å². The van der Waals surface area contributed by atoms with Gasteiger partial charge >= 0.3 is 0 Å². The Morgan fingerprint density at radius 1 is 1.12 bits per heavy atom. The molecule has 0 atom stereocenters. The molecule has 3 rings (SSSR count). The number of rotatable bonds is 3. The largest absolute Gasteiger partial charge is 0.335 e. The molecule has 2 aromatic rings. The molecule has 5 nitrogen and oxygen atoms in total. The van der Waals surface area contributed by atoms with E-state index < -0.39 is 0 Å². The zero-order valence-electron chi connectivity index (χ0n) is 13.2. The number of carbonyl (C=O) groups is 1. The highest BCUT2D eigenvalue weighted by atomic mass is 35.5. The number of benzene rings is 1. The molecule has 1 aromatic carbocycles. The van der Waals surface area contributed by atoms with Gasteiger partial charge in [0, 0.05) is 56.0 Å². The van der Waals surface area contributed by atoms with E-state index in [9.17, 15) is 4.79 Å². The highest BCUT2D eigenvalue weighted by molar-refractivity contribution is 6.35. The number of aromatic nitrogens is 2. The zero-order chi connectivity index (χ0) is 17.3. The highest BCUT2D eigenvalue weighted by Crippen LogP contribution is 2.23. The normalized spacial score (nSPS) is 15.8. The van der Waals surface area contributed by atoms with Crippen molar-refractivity contribution < 1.29 is 4.79 Å². The first-order valence-electron chi connectivity index (χ1n) is 7.59. The van der Waals surface area contributed by atoms with E-state index in [2.05, 4.69) is 10.00 Å². The van der Waals surface area contributed by atoms with Gasteiger partial charge in [0.2, 0.25) is 0 Å². The second-order valence-corrected chi connectivity index (χ2v) is 7.05. The van der Waals surface area contributed by atoms with Crippen LogP contribution in [-0.4, -0.2) is 51.7 Å². The fourth-order valence-electron chi connectivity index (χ4n) is 2.75. The van der Waals surface area contributed by atoms with Gasteiger partial charge < -0.3 is 4.90 Å². The van der Waals surface area contributed by atoms with Crippen molar-refractivity contribution in [2.24, 2.45) is 7.05 Å². The fraction of sp³-hybridized carbons (Fsp3) is 0.375. The Kier molecular flexibility index (Phi) is 5.35. The lowest BCUT2D eigenvalue weighted by Crippen LogP contribution is -2.48. The molecule has 1 aromatic heterocycles. The van der Waals surface area contributed by atoms with Crippen molar-refractivity contribution in [3.8, 4) is 0 Å². The van der Waals surface area contributed by atoms with Crippen molar-refractivity contribution in [3.63, 3.8) is 0 Å². The third-order valence-corrected chi connectivity index (χ3v) is 4.92. The van der Waals surface area contributed by atoms with Crippen LogP contribution in [0.4, 0.5) is 0 Å². The van der Waals surface area contributed by atoms with Crippen molar-refractivity contribution in [1.29, 1.82) is 0 Å². The monoisotopic (exact) mass is 386 g/mol. The molecular formula is C16H17Cl3N4O. The van der Waals surface area contributed by atoms with Crippen LogP contribution in [0.25, 0.3) is 0 Å². The molecule has 128 valence electrons. The van der Waals surface area contributed by atoms with Crippen LogP contribution >= 0.6 is 34.8 Å². The van der Waals surface area contributed by atoms with Gasteiger partial charge in [-0.15, -0.1) is 0 Å². The summed E-state index contributed by atoms with van der Waals surface area (Å²) in [7, 11) is 1.75. The molecule has 1 aliphatic rings. The van der Waals surface area contributed by atoms with E-state index in [1.807, 2.05) is 12.1 Å². The van der Waals surface area contributed by atoms with E-state index in [1.165, 1.54) is 0 Å². The summed E-state index contributed by atoms with van der Waals surface area (Å²) in [4.78, 5) is 16.6. The van der Waals surface area contributed by atoms with E-state index in [0.29, 0.717) is 33.9 Å². The second-order valence-electron chi connectivity index (χ2n) is 5.80. The van der Waals surface area contributed by atoms with Gasteiger partial charge in [-0.1, -0.05) is 40.9 Å². The summed E-state index contributed by atoms with van der Waals surface area (Å²) in [6, 6.07) is 5.53. The van der Waals surface area contributed by atoms with E-state index >= 15 is 0 Å². The molecule has 1 fully saturated rings. The summed E-state index contributed by atoms with van der Waals surface area (Å²) in [5, 5.41) is 5.83. The van der Waals surface area contributed by atoms with Crippen LogP contribution in [0.3, 0.4) is 0 Å². The lowest BCUT2D eigenvalue weighted by atomic mass is 10.2. The van der Waals surface area contributed by atoms with Crippen molar-refractivity contribution in [1.82, 2.24) is 19.6 Å². The topological polar surface area (TPSA) is 41.4 Å². The summed E-state index contributed by atoms with van der Waals surface area (Å²) in [6.45, 7) is 3.56. The average molecular weight is 388 g/mol. The molecule has 0 spiro atoms. The minimum atomic E-state index is -0.121. The molecule has 1 saturated heterocycles. The summed E-state index contributed by atoms with van der Waals surface area (Å²) < 4.78 is 1.55. The third-order valence-electron chi connectivity index (χ3n) is 4.06. The van der Waals surface area contributed by atoms with E-state index in [0.717, 1.165) is 25.2 Å². The van der Waals surface area contributed by atoms with Gasteiger partial charge in [0.25, 0.3) is 5.91 Å². The van der Waals surface area contributed by atoms with Gasteiger partial charge in [-0.05, 0) is 17.7 Å². The molecule has 0 radical (unpaired) electrons. The van der Waals surface area contributed by atoms with Crippen LogP contribution in [0, 0.1) is 0 Å². The SMILES string of the molecule is Cn1cc(Cl)c(C(=O)N2CCN(Cc3ccc(Cl)cc3Cl)CC2)n1. The average Bonchev–Trinajstić information content (AvgIpc) is 2.88. The maximum atomic E-state index is 12.5. The number of hydrogen-bond acceptors (Lipinski definition) is 3. The minimum absolute atomic E-state index is 0.121. The third kappa shape index (κ3) is 3.86. The maximum Gasteiger partial charge on any atom is 0.276 e. The smallest absolute Gasteiger partial charge is 0.276 e. The Labute approximate surface area is 155 Å². The molecule has 0 N–H and O–H groups in total. The van der Waals surface area contributed by atoms with E-state index in [4.69, 9.17) is 34.8 Å². The molecule has 0 bridgehead atoms. The lowest BCUT2D eigenvalue weighted by Gasteiger charge is -2.34. The van der Waals surface area contributed by atoms with Gasteiger partial charge in [-0.2, -0.15) is 5.10 Å².